The maximum absolute atomic E-state index is 12.3. The van der Waals surface area contributed by atoms with Gasteiger partial charge in [-0.3, -0.25) is 4.79 Å². The number of carbonyl (C=O) groups is 1. The van der Waals surface area contributed by atoms with Crippen LogP contribution >= 0.6 is 39.1 Å². The van der Waals surface area contributed by atoms with Crippen molar-refractivity contribution in [3.05, 3.63) is 26.9 Å². The standard InChI is InChI=1S/C7H2BrCl2F2NO/c8-2-1-3(9)5(7(11)12)13-4(2)6(10)14/h1,7H. The molecule has 1 heterocycles. The van der Waals surface area contributed by atoms with Crippen LogP contribution in [0.4, 0.5) is 8.78 Å². The summed E-state index contributed by atoms with van der Waals surface area (Å²) in [5, 5.41) is -1.14. The van der Waals surface area contributed by atoms with Gasteiger partial charge in [0.1, 0.15) is 11.4 Å². The van der Waals surface area contributed by atoms with Crippen LogP contribution in [0.2, 0.25) is 5.02 Å². The first-order chi connectivity index (χ1) is 6.43. The smallest absolute Gasteiger partial charge is 0.274 e. The van der Waals surface area contributed by atoms with Gasteiger partial charge in [-0.1, -0.05) is 11.6 Å². The molecule has 0 aromatic carbocycles. The van der Waals surface area contributed by atoms with Gasteiger partial charge in [-0.05, 0) is 33.6 Å². The molecule has 76 valence electrons. The van der Waals surface area contributed by atoms with Crippen molar-refractivity contribution in [2.75, 3.05) is 0 Å². The second-order valence-electron chi connectivity index (χ2n) is 2.26. The van der Waals surface area contributed by atoms with E-state index in [9.17, 15) is 13.6 Å². The number of carbonyl (C=O) groups excluding carboxylic acids is 1. The zero-order valence-electron chi connectivity index (χ0n) is 6.40. The summed E-state index contributed by atoms with van der Waals surface area (Å²) in [6.07, 6.45) is -2.84. The Bertz CT molecular complexity index is 386. The molecule has 2 nitrogen and oxygen atoms in total. The third-order valence-corrected chi connectivity index (χ3v) is 2.44. The lowest BCUT2D eigenvalue weighted by Gasteiger charge is -2.05. The van der Waals surface area contributed by atoms with Crippen molar-refractivity contribution in [3.8, 4) is 0 Å². The van der Waals surface area contributed by atoms with E-state index < -0.39 is 17.4 Å². The number of hydrogen-bond donors (Lipinski definition) is 0. The third kappa shape index (κ3) is 2.40. The van der Waals surface area contributed by atoms with Crippen LogP contribution in [0.25, 0.3) is 0 Å². The first-order valence-corrected chi connectivity index (χ1v) is 4.82. The molecule has 0 saturated heterocycles. The number of nitrogens with zero attached hydrogens (tertiary/aromatic N) is 1. The quantitative estimate of drug-likeness (QED) is 0.778. The van der Waals surface area contributed by atoms with Gasteiger partial charge in [0.15, 0.2) is 0 Å². The van der Waals surface area contributed by atoms with E-state index >= 15 is 0 Å². The highest BCUT2D eigenvalue weighted by molar-refractivity contribution is 9.10. The van der Waals surface area contributed by atoms with Gasteiger partial charge in [0.05, 0.1) is 5.02 Å². The average molecular weight is 305 g/mol. The molecule has 0 bridgehead atoms. The van der Waals surface area contributed by atoms with Gasteiger partial charge in [-0.15, -0.1) is 0 Å². The summed E-state index contributed by atoms with van der Waals surface area (Å²) in [6, 6.07) is 1.16. The van der Waals surface area contributed by atoms with Crippen molar-refractivity contribution in [2.45, 2.75) is 6.43 Å². The summed E-state index contributed by atoms with van der Waals surface area (Å²) in [4.78, 5) is 14.1. The van der Waals surface area contributed by atoms with Gasteiger partial charge in [0, 0.05) is 4.47 Å². The topological polar surface area (TPSA) is 30.0 Å². The summed E-state index contributed by atoms with van der Waals surface area (Å²) < 4.78 is 24.8. The van der Waals surface area contributed by atoms with Gasteiger partial charge in [0.25, 0.3) is 11.7 Å². The number of pyridine rings is 1. The SMILES string of the molecule is O=C(Cl)c1nc(C(F)F)c(Cl)cc1Br. The van der Waals surface area contributed by atoms with Gasteiger partial charge < -0.3 is 0 Å². The Kier molecular flexibility index (Phi) is 3.80. The molecule has 1 aromatic heterocycles. The van der Waals surface area contributed by atoms with Crippen LogP contribution in [0.3, 0.4) is 0 Å². The Hall–Kier alpha value is -0.260. The molecule has 0 unspecified atom stereocenters. The Morgan fingerprint density at radius 1 is 1.57 bits per heavy atom. The normalized spacial score (nSPS) is 10.7. The highest BCUT2D eigenvalue weighted by Crippen LogP contribution is 2.29. The van der Waals surface area contributed by atoms with Crippen LogP contribution in [0.5, 0.6) is 0 Å². The molecule has 0 aliphatic heterocycles. The first kappa shape index (κ1) is 11.8. The Morgan fingerprint density at radius 3 is 2.57 bits per heavy atom. The molecule has 7 heteroatoms. The van der Waals surface area contributed by atoms with E-state index in [2.05, 4.69) is 20.9 Å². The van der Waals surface area contributed by atoms with Crippen LogP contribution < -0.4 is 0 Å². The van der Waals surface area contributed by atoms with Crippen molar-refractivity contribution >= 4 is 44.4 Å². The highest BCUT2D eigenvalue weighted by Gasteiger charge is 2.19. The molecule has 1 rings (SSSR count). The van der Waals surface area contributed by atoms with Crippen molar-refractivity contribution in [1.29, 1.82) is 0 Å². The molecule has 0 N–H and O–H groups in total. The first-order valence-electron chi connectivity index (χ1n) is 3.27. The van der Waals surface area contributed by atoms with E-state index in [0.29, 0.717) is 0 Å². The largest absolute Gasteiger partial charge is 0.281 e. The van der Waals surface area contributed by atoms with Crippen molar-refractivity contribution in [1.82, 2.24) is 4.98 Å². The summed E-state index contributed by atoms with van der Waals surface area (Å²) in [7, 11) is 0. The lowest BCUT2D eigenvalue weighted by molar-refractivity contribution is 0.107. The fourth-order valence-corrected chi connectivity index (χ4v) is 1.89. The van der Waals surface area contributed by atoms with Crippen LogP contribution in [-0.4, -0.2) is 10.2 Å². The fraction of sp³-hybridized carbons (Fsp3) is 0.143. The minimum Gasteiger partial charge on any atom is -0.274 e. The Balaban J connectivity index is 3.34. The van der Waals surface area contributed by atoms with Crippen molar-refractivity contribution in [3.63, 3.8) is 0 Å². The summed E-state index contributed by atoms with van der Waals surface area (Å²) >= 11 is 13.5. The predicted octanol–water partition coefficient (Wildman–Crippen LogP) is 3.81. The number of aromatic nitrogens is 1. The molecule has 0 aliphatic carbocycles. The molecule has 0 saturated carbocycles. The van der Waals surface area contributed by atoms with E-state index in [0.717, 1.165) is 6.07 Å². The zero-order valence-corrected chi connectivity index (χ0v) is 9.50. The predicted molar refractivity (Wildman–Crippen MR) is 52.1 cm³/mol. The van der Waals surface area contributed by atoms with Crippen molar-refractivity contribution < 1.29 is 13.6 Å². The molecule has 14 heavy (non-hydrogen) atoms. The highest BCUT2D eigenvalue weighted by atomic mass is 79.9. The average Bonchev–Trinajstić information content (AvgIpc) is 2.02. The monoisotopic (exact) mass is 303 g/mol. The van der Waals surface area contributed by atoms with Crippen LogP contribution in [0.1, 0.15) is 22.6 Å². The molecule has 0 amide bonds. The van der Waals surface area contributed by atoms with Gasteiger partial charge in [0.2, 0.25) is 0 Å². The molecule has 0 aliphatic rings. The molecule has 1 aromatic rings. The van der Waals surface area contributed by atoms with E-state index in [1.807, 2.05) is 0 Å². The molecular weight excluding hydrogens is 303 g/mol. The molecule has 0 spiro atoms. The molecule has 0 fully saturated rings. The third-order valence-electron chi connectivity index (χ3n) is 1.35. The number of rotatable bonds is 2. The second kappa shape index (κ2) is 4.51. The molecule has 0 radical (unpaired) electrons. The minimum absolute atomic E-state index is 0.187. The van der Waals surface area contributed by atoms with Crippen LogP contribution in [0, 0.1) is 0 Å². The van der Waals surface area contributed by atoms with Crippen LogP contribution in [-0.2, 0) is 0 Å². The number of alkyl halides is 2. The lowest BCUT2D eigenvalue weighted by Crippen LogP contribution is -2.01. The summed E-state index contributed by atoms with van der Waals surface area (Å²) in [6.45, 7) is 0. The molecule has 0 atom stereocenters. The van der Waals surface area contributed by atoms with E-state index in [1.54, 1.807) is 0 Å². The van der Waals surface area contributed by atoms with Crippen LogP contribution in [0.15, 0.2) is 10.5 Å². The Morgan fingerprint density at radius 2 is 2.14 bits per heavy atom. The summed E-state index contributed by atoms with van der Waals surface area (Å²) in [5.41, 5.74) is -0.926. The summed E-state index contributed by atoms with van der Waals surface area (Å²) in [5.74, 6) is 0. The van der Waals surface area contributed by atoms with Gasteiger partial charge in [-0.25, -0.2) is 13.8 Å². The minimum atomic E-state index is -2.84. The van der Waals surface area contributed by atoms with E-state index in [-0.39, 0.29) is 15.2 Å². The van der Waals surface area contributed by atoms with E-state index in [1.165, 1.54) is 0 Å². The van der Waals surface area contributed by atoms with Gasteiger partial charge >= 0.3 is 0 Å². The van der Waals surface area contributed by atoms with Crippen molar-refractivity contribution in [2.24, 2.45) is 0 Å². The maximum Gasteiger partial charge on any atom is 0.281 e. The van der Waals surface area contributed by atoms with Gasteiger partial charge in [-0.2, -0.15) is 0 Å². The maximum atomic E-state index is 12.3. The zero-order chi connectivity index (χ0) is 10.9. The number of hydrogen-bond acceptors (Lipinski definition) is 2. The Labute approximate surface area is 96.3 Å². The lowest BCUT2D eigenvalue weighted by atomic mass is 10.3. The molecular formula is C7H2BrCl2F2NO. The van der Waals surface area contributed by atoms with E-state index in [4.69, 9.17) is 23.2 Å². The fourth-order valence-electron chi connectivity index (χ4n) is 0.772. The number of halogens is 5. The second-order valence-corrected chi connectivity index (χ2v) is 3.87.